The summed E-state index contributed by atoms with van der Waals surface area (Å²) in [4.78, 5) is 0. The number of rotatable bonds is 2. The van der Waals surface area contributed by atoms with Gasteiger partial charge in [-0.05, 0) is 58.4 Å². The highest BCUT2D eigenvalue weighted by molar-refractivity contribution is 6.01. The van der Waals surface area contributed by atoms with Crippen molar-refractivity contribution in [3.05, 3.63) is 70.8 Å². The first-order valence-corrected chi connectivity index (χ1v) is 7.61. The molecule has 0 spiro atoms. The van der Waals surface area contributed by atoms with Crippen LogP contribution < -0.4 is 5.73 Å². The Bertz CT molecular complexity index is 836. The van der Waals surface area contributed by atoms with Crippen LogP contribution in [0.25, 0.3) is 21.9 Å². The molecule has 0 radical (unpaired) electrons. The molecule has 3 aromatic rings. The van der Waals surface area contributed by atoms with Gasteiger partial charge in [-0.15, -0.1) is 0 Å². The number of hydrogen-bond donors (Lipinski definition) is 1. The SMILES string of the molecule is Cc1ccc(CN)c(-c2ccc3c4c(cccc24)CC3)c1. The predicted octanol–water partition coefficient (Wildman–Crippen LogP) is 4.37. The zero-order valence-electron chi connectivity index (χ0n) is 12.3. The van der Waals surface area contributed by atoms with Crippen LogP contribution in [0.5, 0.6) is 0 Å². The summed E-state index contributed by atoms with van der Waals surface area (Å²) in [5.74, 6) is 0. The molecule has 1 nitrogen and oxygen atoms in total. The lowest BCUT2D eigenvalue weighted by Crippen LogP contribution is -1.99. The van der Waals surface area contributed by atoms with E-state index in [2.05, 4.69) is 55.5 Å². The fourth-order valence-electron chi connectivity index (χ4n) is 3.60. The Hall–Kier alpha value is -2.12. The van der Waals surface area contributed by atoms with Gasteiger partial charge in [0.25, 0.3) is 0 Å². The van der Waals surface area contributed by atoms with Crippen LogP contribution >= 0.6 is 0 Å². The summed E-state index contributed by atoms with van der Waals surface area (Å²) in [6.45, 7) is 2.72. The molecule has 0 heterocycles. The molecule has 1 aliphatic rings. The molecule has 0 atom stereocenters. The van der Waals surface area contributed by atoms with E-state index in [9.17, 15) is 0 Å². The van der Waals surface area contributed by atoms with Gasteiger partial charge in [-0.3, -0.25) is 0 Å². The van der Waals surface area contributed by atoms with Crippen LogP contribution in [0.1, 0.15) is 22.3 Å². The molecule has 0 amide bonds. The Morgan fingerprint density at radius 1 is 0.905 bits per heavy atom. The van der Waals surface area contributed by atoms with E-state index < -0.39 is 0 Å². The van der Waals surface area contributed by atoms with E-state index in [1.54, 1.807) is 0 Å². The van der Waals surface area contributed by atoms with E-state index >= 15 is 0 Å². The lowest BCUT2D eigenvalue weighted by atomic mass is 9.91. The van der Waals surface area contributed by atoms with E-state index in [1.165, 1.54) is 57.0 Å². The lowest BCUT2D eigenvalue weighted by molar-refractivity contribution is 1.02. The van der Waals surface area contributed by atoms with Crippen molar-refractivity contribution in [3.8, 4) is 11.1 Å². The quantitative estimate of drug-likeness (QED) is 0.737. The van der Waals surface area contributed by atoms with Crippen molar-refractivity contribution in [3.63, 3.8) is 0 Å². The van der Waals surface area contributed by atoms with Crippen molar-refractivity contribution >= 4 is 10.8 Å². The van der Waals surface area contributed by atoms with Gasteiger partial charge in [0.2, 0.25) is 0 Å². The Kier molecular flexibility index (Phi) is 2.83. The molecule has 1 heteroatoms. The summed E-state index contributed by atoms with van der Waals surface area (Å²) in [5, 5.41) is 2.85. The standard InChI is InChI=1S/C20H19N/c1-13-5-6-16(12-21)19(11-13)17-10-9-15-8-7-14-3-2-4-18(17)20(14)15/h2-6,9-11H,7-8,12,21H2,1H3. The molecular weight excluding hydrogens is 254 g/mol. The third kappa shape index (κ3) is 1.89. The van der Waals surface area contributed by atoms with E-state index in [0.717, 1.165) is 0 Å². The lowest BCUT2D eigenvalue weighted by Gasteiger charge is -2.13. The molecule has 0 fully saturated rings. The van der Waals surface area contributed by atoms with Crippen LogP contribution in [0.3, 0.4) is 0 Å². The van der Waals surface area contributed by atoms with Crippen LogP contribution in [0.4, 0.5) is 0 Å². The minimum atomic E-state index is 0.582. The molecule has 0 bridgehead atoms. The molecule has 0 saturated heterocycles. The van der Waals surface area contributed by atoms with E-state index in [0.29, 0.717) is 6.54 Å². The summed E-state index contributed by atoms with van der Waals surface area (Å²) < 4.78 is 0. The molecule has 1 aliphatic carbocycles. The van der Waals surface area contributed by atoms with Crippen LogP contribution in [0.2, 0.25) is 0 Å². The zero-order valence-corrected chi connectivity index (χ0v) is 12.3. The fraction of sp³-hybridized carbons (Fsp3) is 0.200. The first-order chi connectivity index (χ1) is 10.3. The highest BCUT2D eigenvalue weighted by Gasteiger charge is 2.17. The van der Waals surface area contributed by atoms with Gasteiger partial charge in [-0.2, -0.15) is 0 Å². The van der Waals surface area contributed by atoms with Gasteiger partial charge in [0.15, 0.2) is 0 Å². The summed E-state index contributed by atoms with van der Waals surface area (Å²) >= 11 is 0. The molecule has 104 valence electrons. The minimum absolute atomic E-state index is 0.582. The van der Waals surface area contributed by atoms with Crippen molar-refractivity contribution in [2.45, 2.75) is 26.3 Å². The average Bonchev–Trinajstić information content (AvgIpc) is 2.93. The summed E-state index contributed by atoms with van der Waals surface area (Å²) in [6, 6.07) is 17.9. The minimum Gasteiger partial charge on any atom is -0.326 e. The maximum absolute atomic E-state index is 5.95. The third-order valence-electron chi connectivity index (χ3n) is 4.65. The maximum Gasteiger partial charge on any atom is 0.0184 e. The van der Waals surface area contributed by atoms with Crippen molar-refractivity contribution in [1.82, 2.24) is 0 Å². The third-order valence-corrected chi connectivity index (χ3v) is 4.65. The smallest absolute Gasteiger partial charge is 0.0184 e. The number of hydrogen-bond acceptors (Lipinski definition) is 1. The van der Waals surface area contributed by atoms with Gasteiger partial charge >= 0.3 is 0 Å². The summed E-state index contributed by atoms with van der Waals surface area (Å²) in [6.07, 6.45) is 2.35. The monoisotopic (exact) mass is 273 g/mol. The molecule has 21 heavy (non-hydrogen) atoms. The van der Waals surface area contributed by atoms with Crippen molar-refractivity contribution in [2.75, 3.05) is 0 Å². The number of benzene rings is 3. The second-order valence-electron chi connectivity index (χ2n) is 5.98. The molecular formula is C20H19N. The second kappa shape index (κ2) is 4.71. The Morgan fingerprint density at radius 2 is 1.71 bits per heavy atom. The van der Waals surface area contributed by atoms with Gasteiger partial charge in [-0.1, -0.05) is 54.1 Å². The Balaban J connectivity index is 2.07. The first-order valence-electron chi connectivity index (χ1n) is 7.61. The van der Waals surface area contributed by atoms with Gasteiger partial charge in [-0.25, -0.2) is 0 Å². The van der Waals surface area contributed by atoms with Crippen molar-refractivity contribution in [2.24, 2.45) is 5.73 Å². The van der Waals surface area contributed by atoms with Crippen LogP contribution in [-0.4, -0.2) is 0 Å². The molecule has 0 aliphatic heterocycles. The normalized spacial score (nSPS) is 13.0. The predicted molar refractivity (Wildman–Crippen MR) is 89.4 cm³/mol. The van der Waals surface area contributed by atoms with Gasteiger partial charge in [0.05, 0.1) is 0 Å². The second-order valence-corrected chi connectivity index (χ2v) is 5.98. The van der Waals surface area contributed by atoms with E-state index in [1.807, 2.05) is 0 Å². The molecule has 4 rings (SSSR count). The summed E-state index contributed by atoms with van der Waals surface area (Å²) in [5.41, 5.74) is 14.0. The van der Waals surface area contributed by atoms with E-state index in [-0.39, 0.29) is 0 Å². The first kappa shape index (κ1) is 12.6. The van der Waals surface area contributed by atoms with Crippen molar-refractivity contribution < 1.29 is 0 Å². The largest absolute Gasteiger partial charge is 0.326 e. The maximum atomic E-state index is 5.95. The molecule has 0 saturated carbocycles. The topological polar surface area (TPSA) is 26.0 Å². The van der Waals surface area contributed by atoms with Crippen LogP contribution in [0, 0.1) is 6.92 Å². The fourth-order valence-corrected chi connectivity index (χ4v) is 3.60. The Morgan fingerprint density at radius 3 is 2.52 bits per heavy atom. The zero-order chi connectivity index (χ0) is 14.4. The average molecular weight is 273 g/mol. The van der Waals surface area contributed by atoms with Crippen LogP contribution in [-0.2, 0) is 19.4 Å². The molecule has 3 aromatic carbocycles. The van der Waals surface area contributed by atoms with Crippen LogP contribution in [0.15, 0.2) is 48.5 Å². The van der Waals surface area contributed by atoms with Gasteiger partial charge in [0.1, 0.15) is 0 Å². The molecule has 0 unspecified atom stereocenters. The molecule has 2 N–H and O–H groups in total. The van der Waals surface area contributed by atoms with Gasteiger partial charge in [0, 0.05) is 6.54 Å². The summed E-state index contributed by atoms with van der Waals surface area (Å²) in [7, 11) is 0. The number of nitrogens with two attached hydrogens (primary N) is 1. The highest BCUT2D eigenvalue weighted by Crippen LogP contribution is 2.38. The Labute approximate surface area is 125 Å². The highest BCUT2D eigenvalue weighted by atomic mass is 14.5. The van der Waals surface area contributed by atoms with E-state index in [4.69, 9.17) is 5.73 Å². The van der Waals surface area contributed by atoms with Gasteiger partial charge < -0.3 is 5.73 Å². The molecule has 0 aromatic heterocycles. The number of aryl methyl sites for hydroxylation is 3. The van der Waals surface area contributed by atoms with Crippen molar-refractivity contribution in [1.29, 1.82) is 0 Å².